The number of nitrogen functional groups attached to an aromatic ring is 1. The van der Waals surface area contributed by atoms with Gasteiger partial charge in [-0.1, -0.05) is 0 Å². The first kappa shape index (κ1) is 10.8. The van der Waals surface area contributed by atoms with E-state index in [-0.39, 0.29) is 0 Å². The summed E-state index contributed by atoms with van der Waals surface area (Å²) in [5.74, 6) is 0.591. The molecule has 4 nitrogen and oxygen atoms in total. The largest absolute Gasteiger partial charge is 0.384 e. The summed E-state index contributed by atoms with van der Waals surface area (Å²) in [5, 5.41) is 3.59. The number of pyridine rings is 1. The first-order valence-corrected chi connectivity index (χ1v) is 6.53. The maximum Gasteiger partial charge on any atom is 0.125 e. The van der Waals surface area contributed by atoms with Crippen LogP contribution in [-0.4, -0.2) is 35.1 Å². The summed E-state index contributed by atoms with van der Waals surface area (Å²) < 4.78 is 0. The van der Waals surface area contributed by atoms with Gasteiger partial charge in [-0.05, 0) is 38.3 Å². The third kappa shape index (κ3) is 2.36. The van der Waals surface area contributed by atoms with Crippen LogP contribution in [0.5, 0.6) is 0 Å². The van der Waals surface area contributed by atoms with Crippen LogP contribution in [0.25, 0.3) is 0 Å². The average molecular weight is 232 g/mol. The van der Waals surface area contributed by atoms with Crippen molar-refractivity contribution >= 4 is 11.5 Å². The third-order valence-corrected chi connectivity index (χ3v) is 3.97. The zero-order chi connectivity index (χ0) is 11.7. The number of nitrogens with zero attached hydrogens (tertiary/aromatic N) is 2. The standard InChI is InChI=1S/C13H20N4/c14-13-9-10(3-5-15-13)16-11-4-7-17-6-1-2-12(17)8-11/h3,5,9,11-12H,1-2,4,6-8H2,(H3,14,15,16). The van der Waals surface area contributed by atoms with E-state index in [4.69, 9.17) is 5.73 Å². The van der Waals surface area contributed by atoms with Gasteiger partial charge in [0.1, 0.15) is 5.82 Å². The lowest BCUT2D eigenvalue weighted by Gasteiger charge is -2.35. The minimum absolute atomic E-state index is 0.591. The minimum Gasteiger partial charge on any atom is -0.384 e. The monoisotopic (exact) mass is 232 g/mol. The Morgan fingerprint density at radius 3 is 3.18 bits per heavy atom. The number of piperidine rings is 1. The molecule has 1 aromatic heterocycles. The SMILES string of the molecule is Nc1cc(NC2CCN3CCCC3C2)ccn1. The Balaban J connectivity index is 1.62. The van der Waals surface area contributed by atoms with Crippen LogP contribution in [0.4, 0.5) is 11.5 Å². The van der Waals surface area contributed by atoms with E-state index in [0.29, 0.717) is 11.9 Å². The molecule has 17 heavy (non-hydrogen) atoms. The highest BCUT2D eigenvalue weighted by Crippen LogP contribution is 2.28. The van der Waals surface area contributed by atoms with Gasteiger partial charge < -0.3 is 16.0 Å². The molecule has 2 fully saturated rings. The van der Waals surface area contributed by atoms with Crippen LogP contribution >= 0.6 is 0 Å². The normalized spacial score (nSPS) is 28.9. The number of anilines is 2. The lowest BCUT2D eigenvalue weighted by molar-refractivity contribution is 0.188. The van der Waals surface area contributed by atoms with E-state index >= 15 is 0 Å². The highest BCUT2D eigenvalue weighted by molar-refractivity contribution is 5.50. The lowest BCUT2D eigenvalue weighted by Crippen LogP contribution is -2.42. The van der Waals surface area contributed by atoms with Crippen LogP contribution < -0.4 is 11.1 Å². The molecule has 3 heterocycles. The molecule has 2 aliphatic heterocycles. The Hall–Kier alpha value is -1.29. The predicted molar refractivity (Wildman–Crippen MR) is 69.9 cm³/mol. The average Bonchev–Trinajstić information content (AvgIpc) is 2.76. The Kier molecular flexibility index (Phi) is 2.89. The van der Waals surface area contributed by atoms with E-state index < -0.39 is 0 Å². The van der Waals surface area contributed by atoms with Crippen LogP contribution in [0.3, 0.4) is 0 Å². The molecular weight excluding hydrogens is 212 g/mol. The Morgan fingerprint density at radius 2 is 2.29 bits per heavy atom. The molecule has 2 atom stereocenters. The van der Waals surface area contributed by atoms with E-state index in [0.717, 1.165) is 11.7 Å². The van der Waals surface area contributed by atoms with E-state index in [2.05, 4.69) is 15.2 Å². The molecule has 0 bridgehead atoms. The van der Waals surface area contributed by atoms with E-state index in [1.807, 2.05) is 12.1 Å². The molecule has 2 saturated heterocycles. The first-order chi connectivity index (χ1) is 8.31. The third-order valence-electron chi connectivity index (χ3n) is 3.97. The van der Waals surface area contributed by atoms with Gasteiger partial charge in [0, 0.05) is 36.6 Å². The van der Waals surface area contributed by atoms with E-state index in [9.17, 15) is 0 Å². The van der Waals surface area contributed by atoms with Gasteiger partial charge in [0.05, 0.1) is 0 Å². The molecule has 92 valence electrons. The van der Waals surface area contributed by atoms with Crippen molar-refractivity contribution in [3.05, 3.63) is 18.3 Å². The molecule has 1 aromatic rings. The number of rotatable bonds is 2. The zero-order valence-electron chi connectivity index (χ0n) is 10.1. The van der Waals surface area contributed by atoms with Crippen LogP contribution in [-0.2, 0) is 0 Å². The van der Waals surface area contributed by atoms with Crippen molar-refractivity contribution in [2.45, 2.75) is 37.8 Å². The maximum absolute atomic E-state index is 5.69. The van der Waals surface area contributed by atoms with Gasteiger partial charge in [-0.3, -0.25) is 0 Å². The van der Waals surface area contributed by atoms with Gasteiger partial charge in [0.2, 0.25) is 0 Å². The fourth-order valence-corrected chi connectivity index (χ4v) is 3.13. The number of nitrogens with one attached hydrogen (secondary N) is 1. The quantitative estimate of drug-likeness (QED) is 0.815. The topological polar surface area (TPSA) is 54.2 Å². The predicted octanol–water partition coefficient (Wildman–Crippen LogP) is 1.70. The highest BCUT2D eigenvalue weighted by Gasteiger charge is 2.31. The summed E-state index contributed by atoms with van der Waals surface area (Å²) >= 11 is 0. The molecule has 4 heteroatoms. The molecule has 0 aromatic carbocycles. The summed E-state index contributed by atoms with van der Waals surface area (Å²) in [6.45, 7) is 2.54. The van der Waals surface area contributed by atoms with Gasteiger partial charge in [0.15, 0.2) is 0 Å². The smallest absolute Gasteiger partial charge is 0.125 e. The second-order valence-corrected chi connectivity index (χ2v) is 5.17. The molecule has 0 saturated carbocycles. The highest BCUT2D eigenvalue weighted by atomic mass is 15.2. The van der Waals surface area contributed by atoms with E-state index in [1.54, 1.807) is 6.20 Å². The molecular formula is C13H20N4. The molecule has 0 aliphatic carbocycles. The summed E-state index contributed by atoms with van der Waals surface area (Å²) in [6, 6.07) is 5.31. The van der Waals surface area contributed by atoms with E-state index in [1.165, 1.54) is 38.8 Å². The van der Waals surface area contributed by atoms with Crippen molar-refractivity contribution in [1.82, 2.24) is 9.88 Å². The number of nitrogens with two attached hydrogens (primary N) is 1. The second kappa shape index (κ2) is 4.53. The molecule has 2 aliphatic rings. The second-order valence-electron chi connectivity index (χ2n) is 5.17. The van der Waals surface area contributed by atoms with Gasteiger partial charge in [-0.2, -0.15) is 0 Å². The summed E-state index contributed by atoms with van der Waals surface area (Å²) in [5.41, 5.74) is 6.80. The molecule has 0 spiro atoms. The first-order valence-electron chi connectivity index (χ1n) is 6.53. The molecule has 0 amide bonds. The van der Waals surface area contributed by atoms with Crippen molar-refractivity contribution < 1.29 is 0 Å². The Bertz CT molecular complexity index is 393. The molecule has 2 unspecified atom stereocenters. The summed E-state index contributed by atoms with van der Waals surface area (Å²) in [7, 11) is 0. The van der Waals surface area contributed by atoms with Crippen LogP contribution in [0.15, 0.2) is 18.3 Å². The summed E-state index contributed by atoms with van der Waals surface area (Å²) in [4.78, 5) is 6.65. The van der Waals surface area contributed by atoms with Crippen LogP contribution in [0.1, 0.15) is 25.7 Å². The van der Waals surface area contributed by atoms with Gasteiger partial charge in [0.25, 0.3) is 0 Å². The van der Waals surface area contributed by atoms with Crippen molar-refractivity contribution in [2.75, 3.05) is 24.1 Å². The van der Waals surface area contributed by atoms with Crippen LogP contribution in [0.2, 0.25) is 0 Å². The van der Waals surface area contributed by atoms with Gasteiger partial charge >= 0.3 is 0 Å². The fourth-order valence-electron chi connectivity index (χ4n) is 3.13. The number of hydrogen-bond donors (Lipinski definition) is 2. The van der Waals surface area contributed by atoms with Gasteiger partial charge in [-0.25, -0.2) is 4.98 Å². The van der Waals surface area contributed by atoms with Crippen molar-refractivity contribution in [1.29, 1.82) is 0 Å². The minimum atomic E-state index is 0.591. The maximum atomic E-state index is 5.69. The molecule has 3 rings (SSSR count). The number of aromatic nitrogens is 1. The Labute approximate surface area is 102 Å². The van der Waals surface area contributed by atoms with Gasteiger partial charge in [-0.15, -0.1) is 0 Å². The van der Waals surface area contributed by atoms with Crippen LogP contribution in [0, 0.1) is 0 Å². The number of hydrogen-bond acceptors (Lipinski definition) is 4. The van der Waals surface area contributed by atoms with Crippen molar-refractivity contribution in [3.8, 4) is 0 Å². The zero-order valence-corrected chi connectivity index (χ0v) is 10.1. The molecule has 0 radical (unpaired) electrons. The lowest BCUT2D eigenvalue weighted by atomic mass is 9.97. The molecule has 3 N–H and O–H groups in total. The Morgan fingerprint density at radius 1 is 1.35 bits per heavy atom. The van der Waals surface area contributed by atoms with Crippen molar-refractivity contribution in [2.24, 2.45) is 0 Å². The van der Waals surface area contributed by atoms with Crippen molar-refractivity contribution in [3.63, 3.8) is 0 Å². The summed E-state index contributed by atoms with van der Waals surface area (Å²) in [6.07, 6.45) is 7.01. The number of fused-ring (bicyclic) bond motifs is 1. The fraction of sp³-hybridized carbons (Fsp3) is 0.615.